The van der Waals surface area contributed by atoms with E-state index in [1.165, 1.54) is 0 Å². The van der Waals surface area contributed by atoms with Crippen LogP contribution < -0.4 is 0 Å². The molecule has 1 rings (SSSR count). The van der Waals surface area contributed by atoms with Gasteiger partial charge in [-0.25, -0.2) is 0 Å². The van der Waals surface area contributed by atoms with Crippen molar-refractivity contribution in [1.29, 1.82) is 0 Å². The molecular formula is C51H98O14. The third kappa shape index (κ3) is 27.6. The zero-order chi connectivity index (χ0) is 49.9. The lowest BCUT2D eigenvalue weighted by atomic mass is 9.83. The highest BCUT2D eigenvalue weighted by atomic mass is 16.7. The van der Waals surface area contributed by atoms with Gasteiger partial charge in [0.2, 0.25) is 0 Å². The minimum Gasteiger partial charge on any atom is -0.394 e. The average molecular weight is 935 g/mol. The van der Waals surface area contributed by atoms with Gasteiger partial charge in [-0.15, -0.1) is 0 Å². The third-order valence-corrected chi connectivity index (χ3v) is 13.7. The largest absolute Gasteiger partial charge is 0.394 e. The topological polar surface area (TPSA) is 261 Å². The number of allylic oxidation sites excluding steroid dienone is 3. The Bertz CT molecular complexity index is 1360. The highest BCUT2D eigenvalue weighted by Gasteiger charge is 2.44. The standard InChI is InChI=1S/C51H98O14/c1-37(18-11-19-38(2)22-35-64-44-43(56)42(55)41(54)39(36-52)65-44)20-21-40(53)51(10,63)34-17-33-50(9,62)32-16-31-49(8,61)30-15-29-48(7,60)28-14-27-47(6,59)26-13-25-46(5,58)24-12-23-45(3,4)57/h18,22,39-44,52-63H,11-17,19-21,23-36H2,1-10H3. The summed E-state index contributed by atoms with van der Waals surface area (Å²) in [5, 5.41) is 126. The molecule has 0 radical (unpaired) electrons. The summed E-state index contributed by atoms with van der Waals surface area (Å²) in [6, 6.07) is 0. The van der Waals surface area contributed by atoms with Crippen LogP contribution in [0.2, 0.25) is 0 Å². The molecule has 386 valence electrons. The zero-order valence-electron chi connectivity index (χ0n) is 42.3. The molecule has 1 saturated heterocycles. The first-order valence-corrected chi connectivity index (χ1v) is 24.7. The smallest absolute Gasteiger partial charge is 0.187 e. The Morgan fingerprint density at radius 2 is 0.892 bits per heavy atom. The molecule has 12 N–H and O–H groups in total. The molecular weight excluding hydrogens is 837 g/mol. The first-order valence-electron chi connectivity index (χ1n) is 24.7. The quantitative estimate of drug-likeness (QED) is 0.0330. The van der Waals surface area contributed by atoms with E-state index in [0.717, 1.165) is 30.4 Å². The zero-order valence-corrected chi connectivity index (χ0v) is 42.3. The van der Waals surface area contributed by atoms with Gasteiger partial charge in [-0.1, -0.05) is 23.3 Å². The molecule has 0 bridgehead atoms. The maximum atomic E-state index is 11.1. The molecule has 0 aromatic heterocycles. The van der Waals surface area contributed by atoms with Crippen LogP contribution in [-0.4, -0.2) is 151 Å². The van der Waals surface area contributed by atoms with Crippen LogP contribution in [0.3, 0.4) is 0 Å². The van der Waals surface area contributed by atoms with Crippen molar-refractivity contribution in [3.05, 3.63) is 23.3 Å². The van der Waals surface area contributed by atoms with E-state index in [4.69, 9.17) is 9.47 Å². The van der Waals surface area contributed by atoms with Gasteiger partial charge in [-0.05, 0) is 210 Å². The molecule has 1 aliphatic heterocycles. The summed E-state index contributed by atoms with van der Waals surface area (Å²) in [4.78, 5) is 0. The van der Waals surface area contributed by atoms with E-state index in [9.17, 15) is 61.3 Å². The summed E-state index contributed by atoms with van der Waals surface area (Å²) in [6.45, 7) is 17.7. The average Bonchev–Trinajstić information content (AvgIpc) is 3.15. The number of aliphatic hydroxyl groups is 12. The summed E-state index contributed by atoms with van der Waals surface area (Å²) in [5.74, 6) is 0. The SMILES string of the molecule is CC(=CCOC1OC(CO)C(O)C(O)C1O)CCC=C(C)CCC(O)C(C)(O)CCCC(C)(O)CCCC(C)(O)CCCC(C)(O)CCCC(C)(O)CCCC(C)(O)CCCC(C)(C)O. The van der Waals surface area contributed by atoms with Gasteiger partial charge in [-0.3, -0.25) is 0 Å². The van der Waals surface area contributed by atoms with Crippen molar-refractivity contribution in [2.24, 2.45) is 0 Å². The second-order valence-electron chi connectivity index (χ2n) is 22.5. The minimum atomic E-state index is -1.49. The Balaban J connectivity index is 2.34. The Labute approximate surface area is 392 Å². The third-order valence-electron chi connectivity index (χ3n) is 13.7. The molecule has 0 aromatic rings. The fourth-order valence-corrected chi connectivity index (χ4v) is 8.84. The van der Waals surface area contributed by atoms with Crippen molar-refractivity contribution in [1.82, 2.24) is 0 Å². The van der Waals surface area contributed by atoms with E-state index < -0.39 is 82.6 Å². The van der Waals surface area contributed by atoms with Crippen molar-refractivity contribution in [2.45, 2.75) is 287 Å². The summed E-state index contributed by atoms with van der Waals surface area (Å²) in [7, 11) is 0. The fraction of sp³-hybridized carbons (Fsp3) is 0.922. The Morgan fingerprint density at radius 3 is 1.28 bits per heavy atom. The first kappa shape index (κ1) is 61.9. The molecule has 12 atom stereocenters. The van der Waals surface area contributed by atoms with Crippen molar-refractivity contribution in [3.8, 4) is 0 Å². The van der Waals surface area contributed by atoms with Gasteiger partial charge in [0.15, 0.2) is 6.29 Å². The molecule has 14 heteroatoms. The molecule has 65 heavy (non-hydrogen) atoms. The maximum absolute atomic E-state index is 11.1. The number of ether oxygens (including phenoxy) is 2. The van der Waals surface area contributed by atoms with Crippen LogP contribution in [0.25, 0.3) is 0 Å². The molecule has 0 aliphatic carbocycles. The fourth-order valence-electron chi connectivity index (χ4n) is 8.84. The van der Waals surface area contributed by atoms with Gasteiger partial charge in [0.05, 0.1) is 58.5 Å². The Hall–Kier alpha value is -1.08. The molecule has 0 amide bonds. The lowest BCUT2D eigenvalue weighted by molar-refractivity contribution is -0.298. The van der Waals surface area contributed by atoms with Crippen molar-refractivity contribution in [2.75, 3.05) is 13.2 Å². The van der Waals surface area contributed by atoms with Crippen LogP contribution in [0.5, 0.6) is 0 Å². The minimum absolute atomic E-state index is 0.112. The van der Waals surface area contributed by atoms with Gasteiger partial charge in [0.1, 0.15) is 24.4 Å². The van der Waals surface area contributed by atoms with Gasteiger partial charge in [-0.2, -0.15) is 0 Å². The van der Waals surface area contributed by atoms with E-state index in [1.807, 2.05) is 33.8 Å². The number of hydrogen-bond acceptors (Lipinski definition) is 14. The molecule has 0 saturated carbocycles. The number of hydrogen-bond donors (Lipinski definition) is 12. The summed E-state index contributed by atoms with van der Waals surface area (Å²) in [6.07, 6.45) is 8.94. The second kappa shape index (κ2) is 27.9. The van der Waals surface area contributed by atoms with E-state index >= 15 is 0 Å². The number of aliphatic hydroxyl groups excluding tert-OH is 5. The predicted octanol–water partition coefficient (Wildman–Crippen LogP) is 5.92. The maximum Gasteiger partial charge on any atom is 0.187 e. The molecule has 0 spiro atoms. The van der Waals surface area contributed by atoms with Crippen LogP contribution >= 0.6 is 0 Å². The van der Waals surface area contributed by atoms with E-state index in [0.29, 0.717) is 122 Å². The molecule has 0 aromatic carbocycles. The Kier molecular flexibility index (Phi) is 26.6. The lowest BCUT2D eigenvalue weighted by Gasteiger charge is -2.39. The molecule has 12 unspecified atom stereocenters. The van der Waals surface area contributed by atoms with Crippen LogP contribution in [0.15, 0.2) is 23.3 Å². The second-order valence-corrected chi connectivity index (χ2v) is 22.5. The first-order chi connectivity index (χ1) is 29.7. The van der Waals surface area contributed by atoms with Crippen molar-refractivity contribution in [3.63, 3.8) is 0 Å². The highest BCUT2D eigenvalue weighted by Crippen LogP contribution is 2.32. The summed E-state index contributed by atoms with van der Waals surface area (Å²) < 4.78 is 10.9. The summed E-state index contributed by atoms with van der Waals surface area (Å²) >= 11 is 0. The highest BCUT2D eigenvalue weighted by molar-refractivity contribution is 5.04. The van der Waals surface area contributed by atoms with Gasteiger partial charge < -0.3 is 70.8 Å². The molecule has 14 nitrogen and oxygen atoms in total. The van der Waals surface area contributed by atoms with E-state index in [-0.39, 0.29) is 6.61 Å². The van der Waals surface area contributed by atoms with Crippen LogP contribution in [0.4, 0.5) is 0 Å². The normalized spacial score (nSPS) is 26.3. The molecule has 1 fully saturated rings. The summed E-state index contributed by atoms with van der Waals surface area (Å²) in [5.41, 5.74) is -4.54. The van der Waals surface area contributed by atoms with Crippen molar-refractivity contribution < 1.29 is 70.8 Å². The van der Waals surface area contributed by atoms with E-state index in [2.05, 4.69) is 6.08 Å². The Morgan fingerprint density at radius 1 is 0.523 bits per heavy atom. The number of rotatable bonds is 35. The van der Waals surface area contributed by atoms with Gasteiger partial charge in [0.25, 0.3) is 0 Å². The molecule has 1 heterocycles. The predicted molar refractivity (Wildman–Crippen MR) is 255 cm³/mol. The van der Waals surface area contributed by atoms with Crippen LogP contribution in [-0.2, 0) is 9.47 Å². The molecule has 1 aliphatic rings. The van der Waals surface area contributed by atoms with Crippen molar-refractivity contribution >= 4 is 0 Å². The van der Waals surface area contributed by atoms with Crippen LogP contribution in [0, 0.1) is 0 Å². The van der Waals surface area contributed by atoms with E-state index in [1.54, 1.807) is 41.5 Å². The van der Waals surface area contributed by atoms with Gasteiger partial charge >= 0.3 is 0 Å². The van der Waals surface area contributed by atoms with Crippen LogP contribution in [0.1, 0.15) is 210 Å². The lowest BCUT2D eigenvalue weighted by Crippen LogP contribution is -2.59. The monoisotopic (exact) mass is 935 g/mol. The van der Waals surface area contributed by atoms with Gasteiger partial charge in [0, 0.05) is 0 Å².